The summed E-state index contributed by atoms with van der Waals surface area (Å²) in [5.74, 6) is 0.569. The molecule has 0 unspecified atom stereocenters. The zero-order chi connectivity index (χ0) is 13.1. The standard InChI is InChI=1S/C11H9ClN4S2/c1-6-3-7(2)14-11(8(6)4-13)17-5-9-10(12)18-16-15-9/h3H,5H2,1-2H3. The van der Waals surface area contributed by atoms with Gasteiger partial charge in [0.1, 0.15) is 21.1 Å². The molecule has 0 aliphatic rings. The number of aryl methyl sites for hydroxylation is 2. The highest BCUT2D eigenvalue weighted by molar-refractivity contribution is 7.98. The average Bonchev–Trinajstić information content (AvgIpc) is 2.71. The molecule has 2 aromatic heterocycles. The Balaban J connectivity index is 2.24. The van der Waals surface area contributed by atoms with Crippen LogP contribution in [-0.2, 0) is 5.75 Å². The van der Waals surface area contributed by atoms with Gasteiger partial charge in [0.2, 0.25) is 0 Å². The molecular formula is C11H9ClN4S2. The fourth-order valence-corrected chi connectivity index (χ4v) is 3.30. The Bertz CT molecular complexity index is 618. The Labute approximate surface area is 118 Å². The summed E-state index contributed by atoms with van der Waals surface area (Å²) in [6, 6.07) is 4.09. The first kappa shape index (κ1) is 13.3. The summed E-state index contributed by atoms with van der Waals surface area (Å²) in [4.78, 5) is 4.39. The van der Waals surface area contributed by atoms with Gasteiger partial charge in [0, 0.05) is 23.0 Å². The van der Waals surface area contributed by atoms with Gasteiger partial charge in [-0.15, -0.1) is 5.10 Å². The molecule has 92 valence electrons. The third-order valence-electron chi connectivity index (χ3n) is 2.28. The second-order valence-corrected chi connectivity index (χ2v) is 5.97. The van der Waals surface area contributed by atoms with E-state index in [-0.39, 0.29) is 0 Å². The molecule has 0 aliphatic heterocycles. The Morgan fingerprint density at radius 2 is 2.28 bits per heavy atom. The molecule has 0 N–H and O–H groups in total. The minimum atomic E-state index is 0.569. The normalized spacial score (nSPS) is 10.3. The predicted molar refractivity (Wildman–Crippen MR) is 72.9 cm³/mol. The lowest BCUT2D eigenvalue weighted by atomic mass is 10.1. The van der Waals surface area contributed by atoms with Gasteiger partial charge in [0.25, 0.3) is 0 Å². The molecular weight excluding hydrogens is 288 g/mol. The van der Waals surface area contributed by atoms with Crippen LogP contribution in [0.2, 0.25) is 4.34 Å². The zero-order valence-electron chi connectivity index (χ0n) is 9.77. The smallest absolute Gasteiger partial charge is 0.138 e. The van der Waals surface area contributed by atoms with Crippen LogP contribution < -0.4 is 0 Å². The average molecular weight is 297 g/mol. The molecule has 18 heavy (non-hydrogen) atoms. The van der Waals surface area contributed by atoms with Crippen LogP contribution in [0.1, 0.15) is 22.5 Å². The van der Waals surface area contributed by atoms with E-state index in [1.165, 1.54) is 11.8 Å². The van der Waals surface area contributed by atoms with Crippen molar-refractivity contribution in [1.29, 1.82) is 5.26 Å². The summed E-state index contributed by atoms with van der Waals surface area (Å²) in [7, 11) is 0. The number of hydrogen-bond donors (Lipinski definition) is 0. The molecule has 2 aromatic rings. The van der Waals surface area contributed by atoms with Gasteiger partial charge in [-0.05, 0) is 25.5 Å². The van der Waals surface area contributed by atoms with Crippen molar-refractivity contribution in [3.05, 3.63) is 32.9 Å². The van der Waals surface area contributed by atoms with E-state index in [9.17, 15) is 0 Å². The third-order valence-corrected chi connectivity index (χ3v) is 4.25. The van der Waals surface area contributed by atoms with Gasteiger partial charge >= 0.3 is 0 Å². The first-order valence-corrected chi connectivity index (χ1v) is 7.23. The van der Waals surface area contributed by atoms with Crippen molar-refractivity contribution in [3.8, 4) is 6.07 Å². The molecule has 0 aliphatic carbocycles. The van der Waals surface area contributed by atoms with Gasteiger partial charge in [-0.25, -0.2) is 4.98 Å². The Morgan fingerprint density at radius 1 is 1.50 bits per heavy atom. The van der Waals surface area contributed by atoms with Crippen LogP contribution in [-0.4, -0.2) is 14.6 Å². The van der Waals surface area contributed by atoms with Gasteiger partial charge < -0.3 is 0 Å². The van der Waals surface area contributed by atoms with E-state index in [1.807, 2.05) is 19.9 Å². The van der Waals surface area contributed by atoms with E-state index in [4.69, 9.17) is 16.9 Å². The highest BCUT2D eigenvalue weighted by Gasteiger charge is 2.12. The number of nitriles is 1. The Hall–Kier alpha value is -1.16. The largest absolute Gasteiger partial charge is 0.245 e. The van der Waals surface area contributed by atoms with Crippen molar-refractivity contribution in [3.63, 3.8) is 0 Å². The fourth-order valence-electron chi connectivity index (χ4n) is 1.46. The van der Waals surface area contributed by atoms with Gasteiger partial charge in [-0.1, -0.05) is 27.9 Å². The van der Waals surface area contributed by atoms with Gasteiger partial charge in [0.15, 0.2) is 0 Å². The summed E-state index contributed by atoms with van der Waals surface area (Å²) < 4.78 is 4.36. The number of halogens is 1. The van der Waals surface area contributed by atoms with Crippen molar-refractivity contribution >= 4 is 34.9 Å². The van der Waals surface area contributed by atoms with E-state index in [1.54, 1.807) is 0 Å². The van der Waals surface area contributed by atoms with Crippen LogP contribution >= 0.6 is 34.9 Å². The lowest BCUT2D eigenvalue weighted by Crippen LogP contribution is -1.95. The molecule has 0 spiro atoms. The monoisotopic (exact) mass is 296 g/mol. The van der Waals surface area contributed by atoms with Crippen LogP contribution in [0.3, 0.4) is 0 Å². The van der Waals surface area contributed by atoms with Gasteiger partial charge in [0.05, 0.1) is 5.56 Å². The van der Waals surface area contributed by atoms with Crippen LogP contribution in [0.25, 0.3) is 0 Å². The highest BCUT2D eigenvalue weighted by atomic mass is 35.5. The molecule has 0 saturated heterocycles. The quantitative estimate of drug-likeness (QED) is 0.813. The molecule has 7 heteroatoms. The van der Waals surface area contributed by atoms with E-state index in [0.29, 0.717) is 15.7 Å². The van der Waals surface area contributed by atoms with E-state index >= 15 is 0 Å². The van der Waals surface area contributed by atoms with Crippen LogP contribution in [0.15, 0.2) is 11.1 Å². The van der Waals surface area contributed by atoms with E-state index in [2.05, 4.69) is 20.6 Å². The molecule has 2 heterocycles. The number of thioether (sulfide) groups is 1. The fraction of sp³-hybridized carbons (Fsp3) is 0.273. The molecule has 0 aromatic carbocycles. The topological polar surface area (TPSA) is 62.5 Å². The first-order chi connectivity index (χ1) is 8.61. The van der Waals surface area contributed by atoms with Crippen molar-refractivity contribution in [1.82, 2.24) is 14.6 Å². The highest BCUT2D eigenvalue weighted by Crippen LogP contribution is 2.29. The van der Waals surface area contributed by atoms with Crippen LogP contribution in [0, 0.1) is 25.2 Å². The maximum atomic E-state index is 9.15. The maximum Gasteiger partial charge on any atom is 0.138 e. The summed E-state index contributed by atoms with van der Waals surface area (Å²) in [5.41, 5.74) is 3.19. The number of rotatable bonds is 3. The lowest BCUT2D eigenvalue weighted by Gasteiger charge is -2.06. The summed E-state index contributed by atoms with van der Waals surface area (Å²) in [6.45, 7) is 3.82. The molecule has 0 amide bonds. The molecule has 0 bridgehead atoms. The number of pyridine rings is 1. The van der Waals surface area contributed by atoms with Crippen molar-refractivity contribution < 1.29 is 0 Å². The number of hydrogen-bond acceptors (Lipinski definition) is 6. The molecule has 0 radical (unpaired) electrons. The van der Waals surface area contributed by atoms with Gasteiger partial charge in [-0.2, -0.15) is 5.26 Å². The summed E-state index contributed by atoms with van der Waals surface area (Å²) in [6.07, 6.45) is 0. The summed E-state index contributed by atoms with van der Waals surface area (Å²) in [5, 5.41) is 13.8. The Morgan fingerprint density at radius 3 is 2.89 bits per heavy atom. The molecule has 4 nitrogen and oxygen atoms in total. The summed E-state index contributed by atoms with van der Waals surface area (Å²) >= 11 is 8.56. The molecule has 0 saturated carbocycles. The second-order valence-electron chi connectivity index (χ2n) is 3.65. The van der Waals surface area contributed by atoms with Crippen LogP contribution in [0.4, 0.5) is 0 Å². The van der Waals surface area contributed by atoms with Crippen molar-refractivity contribution in [2.24, 2.45) is 0 Å². The SMILES string of the molecule is Cc1cc(C)c(C#N)c(SCc2nnsc2Cl)n1. The van der Waals surface area contributed by atoms with E-state index in [0.717, 1.165) is 33.5 Å². The predicted octanol–water partition coefficient (Wildman–Crippen LogP) is 3.37. The third kappa shape index (κ3) is 2.80. The van der Waals surface area contributed by atoms with E-state index < -0.39 is 0 Å². The molecule has 2 rings (SSSR count). The minimum Gasteiger partial charge on any atom is -0.245 e. The van der Waals surface area contributed by atoms with Crippen molar-refractivity contribution in [2.45, 2.75) is 24.6 Å². The number of nitrogens with zero attached hydrogens (tertiary/aromatic N) is 4. The molecule has 0 fully saturated rings. The van der Waals surface area contributed by atoms with Crippen LogP contribution in [0.5, 0.6) is 0 Å². The van der Waals surface area contributed by atoms with Crippen molar-refractivity contribution in [2.75, 3.05) is 0 Å². The Kier molecular flexibility index (Phi) is 4.17. The second kappa shape index (κ2) is 5.65. The number of aromatic nitrogens is 3. The zero-order valence-corrected chi connectivity index (χ0v) is 12.2. The maximum absolute atomic E-state index is 9.15. The van der Waals surface area contributed by atoms with Gasteiger partial charge in [-0.3, -0.25) is 0 Å². The first-order valence-electron chi connectivity index (χ1n) is 5.09. The minimum absolute atomic E-state index is 0.569. The molecule has 0 atom stereocenters. The lowest BCUT2D eigenvalue weighted by molar-refractivity contribution is 1.02.